The van der Waals surface area contributed by atoms with E-state index in [1.807, 2.05) is 0 Å². The van der Waals surface area contributed by atoms with E-state index in [0.29, 0.717) is 25.7 Å². The SMILES string of the molecule is CC(O)(O)[C@H]1CC(=O)C(CCCCCCC(=O)O)[C@H]1C(=O)O. The largest absolute Gasteiger partial charge is 0.481 e. The van der Waals surface area contributed by atoms with Crippen molar-refractivity contribution in [3.05, 3.63) is 0 Å². The summed E-state index contributed by atoms with van der Waals surface area (Å²) in [6, 6.07) is 0. The van der Waals surface area contributed by atoms with Gasteiger partial charge < -0.3 is 20.4 Å². The Morgan fingerprint density at radius 1 is 1.14 bits per heavy atom. The number of hydrogen-bond donors (Lipinski definition) is 4. The van der Waals surface area contributed by atoms with Crippen LogP contribution in [0.3, 0.4) is 0 Å². The molecule has 0 saturated heterocycles. The molecule has 0 amide bonds. The first-order valence-electron chi connectivity index (χ1n) is 7.56. The van der Waals surface area contributed by atoms with Crippen LogP contribution in [0.5, 0.6) is 0 Å². The van der Waals surface area contributed by atoms with Gasteiger partial charge in [-0.05, 0) is 19.8 Å². The molecule has 0 aromatic carbocycles. The Morgan fingerprint density at radius 2 is 1.73 bits per heavy atom. The standard InChI is InChI=1S/C15H24O7/c1-15(21,22)10-8-11(16)9(13(10)14(19)20)6-4-2-3-5-7-12(17)18/h9-10,13,21-22H,2-8H2,1H3,(H,17,18)(H,19,20)/t9?,10-,13+/m0/s1. The van der Waals surface area contributed by atoms with Crippen molar-refractivity contribution in [2.75, 3.05) is 0 Å². The molecule has 22 heavy (non-hydrogen) atoms. The average molecular weight is 316 g/mol. The van der Waals surface area contributed by atoms with E-state index in [2.05, 4.69) is 0 Å². The summed E-state index contributed by atoms with van der Waals surface area (Å²) in [7, 11) is 0. The molecular weight excluding hydrogens is 292 g/mol. The Morgan fingerprint density at radius 3 is 2.23 bits per heavy atom. The van der Waals surface area contributed by atoms with E-state index in [-0.39, 0.29) is 18.6 Å². The van der Waals surface area contributed by atoms with E-state index < -0.39 is 35.5 Å². The van der Waals surface area contributed by atoms with Crippen molar-refractivity contribution in [1.82, 2.24) is 0 Å². The minimum Gasteiger partial charge on any atom is -0.481 e. The first kappa shape index (κ1) is 18.6. The number of unbranched alkanes of at least 4 members (excludes halogenated alkanes) is 3. The van der Waals surface area contributed by atoms with Crippen LogP contribution >= 0.6 is 0 Å². The normalized spacial score (nSPS) is 25.4. The molecule has 1 aliphatic rings. The van der Waals surface area contributed by atoms with Crippen LogP contribution < -0.4 is 0 Å². The number of rotatable bonds is 9. The highest BCUT2D eigenvalue weighted by Gasteiger charge is 2.52. The molecular formula is C15H24O7. The maximum absolute atomic E-state index is 12.0. The van der Waals surface area contributed by atoms with E-state index in [1.165, 1.54) is 0 Å². The maximum Gasteiger partial charge on any atom is 0.307 e. The van der Waals surface area contributed by atoms with Gasteiger partial charge in [-0.2, -0.15) is 0 Å². The zero-order valence-electron chi connectivity index (χ0n) is 12.7. The lowest BCUT2D eigenvalue weighted by molar-refractivity contribution is -0.200. The third-order valence-electron chi connectivity index (χ3n) is 4.35. The van der Waals surface area contributed by atoms with Crippen LogP contribution in [0.2, 0.25) is 0 Å². The fourth-order valence-corrected chi connectivity index (χ4v) is 3.19. The first-order valence-corrected chi connectivity index (χ1v) is 7.56. The molecule has 0 aromatic heterocycles. The van der Waals surface area contributed by atoms with Crippen molar-refractivity contribution in [2.45, 2.75) is 57.7 Å². The van der Waals surface area contributed by atoms with Crippen molar-refractivity contribution >= 4 is 17.7 Å². The third kappa shape index (κ3) is 5.06. The molecule has 0 aliphatic heterocycles. The molecule has 3 atom stereocenters. The molecule has 1 rings (SSSR count). The van der Waals surface area contributed by atoms with E-state index in [0.717, 1.165) is 13.3 Å². The second-order valence-electron chi connectivity index (χ2n) is 6.19. The van der Waals surface area contributed by atoms with Crippen LogP contribution in [0.15, 0.2) is 0 Å². The molecule has 0 spiro atoms. The molecule has 7 heteroatoms. The lowest BCUT2D eigenvalue weighted by Gasteiger charge is -2.28. The first-order chi connectivity index (χ1) is 10.1. The summed E-state index contributed by atoms with van der Waals surface area (Å²) in [6.45, 7) is 1.11. The van der Waals surface area contributed by atoms with Gasteiger partial charge in [-0.3, -0.25) is 14.4 Å². The van der Waals surface area contributed by atoms with Crippen molar-refractivity contribution in [2.24, 2.45) is 17.8 Å². The molecule has 0 radical (unpaired) electrons. The Hall–Kier alpha value is -1.47. The second-order valence-corrected chi connectivity index (χ2v) is 6.19. The van der Waals surface area contributed by atoms with Gasteiger partial charge in [0.2, 0.25) is 0 Å². The highest BCUT2D eigenvalue weighted by molar-refractivity contribution is 5.90. The van der Waals surface area contributed by atoms with Crippen LogP contribution in [0.1, 0.15) is 51.9 Å². The molecule has 1 saturated carbocycles. The van der Waals surface area contributed by atoms with Crippen molar-refractivity contribution < 1.29 is 34.8 Å². The van der Waals surface area contributed by atoms with Crippen molar-refractivity contribution in [3.63, 3.8) is 0 Å². The second kappa shape index (κ2) is 7.69. The molecule has 4 N–H and O–H groups in total. The molecule has 0 aromatic rings. The number of carbonyl (C=O) groups is 3. The number of ketones is 1. The lowest BCUT2D eigenvalue weighted by atomic mass is 9.82. The summed E-state index contributed by atoms with van der Waals surface area (Å²) in [6.07, 6.45) is 2.98. The maximum atomic E-state index is 12.0. The predicted octanol–water partition coefficient (Wildman–Crippen LogP) is 1.02. The van der Waals surface area contributed by atoms with Gasteiger partial charge in [0.25, 0.3) is 0 Å². The summed E-state index contributed by atoms with van der Waals surface area (Å²) >= 11 is 0. The zero-order chi connectivity index (χ0) is 16.9. The smallest absolute Gasteiger partial charge is 0.307 e. The summed E-state index contributed by atoms with van der Waals surface area (Å²) < 4.78 is 0. The highest BCUT2D eigenvalue weighted by Crippen LogP contribution is 2.42. The van der Waals surface area contributed by atoms with Crippen LogP contribution in [0.4, 0.5) is 0 Å². The van der Waals surface area contributed by atoms with Gasteiger partial charge in [-0.1, -0.05) is 19.3 Å². The lowest BCUT2D eigenvalue weighted by Crippen LogP contribution is -2.40. The molecule has 1 aliphatic carbocycles. The summed E-state index contributed by atoms with van der Waals surface area (Å²) in [5.74, 6) is -7.21. The number of aliphatic carboxylic acids is 2. The molecule has 126 valence electrons. The quantitative estimate of drug-likeness (QED) is 0.369. The van der Waals surface area contributed by atoms with E-state index in [4.69, 9.17) is 5.11 Å². The Labute approximate surface area is 129 Å². The highest BCUT2D eigenvalue weighted by atomic mass is 16.5. The van der Waals surface area contributed by atoms with Gasteiger partial charge in [-0.25, -0.2) is 0 Å². The molecule has 1 fully saturated rings. The molecule has 0 bridgehead atoms. The number of hydrogen-bond acceptors (Lipinski definition) is 5. The Kier molecular flexibility index (Phi) is 6.49. The van der Waals surface area contributed by atoms with Crippen LogP contribution in [-0.2, 0) is 14.4 Å². The predicted molar refractivity (Wildman–Crippen MR) is 75.9 cm³/mol. The fraction of sp³-hybridized carbons (Fsp3) is 0.800. The van der Waals surface area contributed by atoms with Gasteiger partial charge >= 0.3 is 11.9 Å². The zero-order valence-corrected chi connectivity index (χ0v) is 12.7. The van der Waals surface area contributed by atoms with Crippen LogP contribution in [0.25, 0.3) is 0 Å². The number of Topliss-reactive ketones (excluding diaryl/α,β-unsaturated/α-hetero) is 1. The van der Waals surface area contributed by atoms with Gasteiger partial charge in [-0.15, -0.1) is 0 Å². The van der Waals surface area contributed by atoms with Crippen molar-refractivity contribution in [3.8, 4) is 0 Å². The average Bonchev–Trinajstić information content (AvgIpc) is 2.70. The Balaban J connectivity index is 2.52. The van der Waals surface area contributed by atoms with Crippen molar-refractivity contribution in [1.29, 1.82) is 0 Å². The minimum atomic E-state index is -2.19. The van der Waals surface area contributed by atoms with Gasteiger partial charge in [0.1, 0.15) is 5.78 Å². The fourth-order valence-electron chi connectivity index (χ4n) is 3.19. The monoisotopic (exact) mass is 316 g/mol. The van der Waals surface area contributed by atoms with Gasteiger partial charge in [0, 0.05) is 24.7 Å². The molecule has 1 unspecified atom stereocenters. The van der Waals surface area contributed by atoms with E-state index >= 15 is 0 Å². The number of aliphatic hydroxyl groups is 2. The van der Waals surface area contributed by atoms with Crippen LogP contribution in [0, 0.1) is 17.8 Å². The number of carboxylic acids is 2. The third-order valence-corrected chi connectivity index (χ3v) is 4.35. The topological polar surface area (TPSA) is 132 Å². The van der Waals surface area contributed by atoms with E-state index in [9.17, 15) is 29.7 Å². The summed E-state index contributed by atoms with van der Waals surface area (Å²) in [4.78, 5) is 33.8. The Bertz CT molecular complexity index is 424. The molecule has 0 heterocycles. The minimum absolute atomic E-state index is 0.107. The van der Waals surface area contributed by atoms with Gasteiger partial charge in [0.15, 0.2) is 5.79 Å². The van der Waals surface area contributed by atoms with Crippen LogP contribution in [-0.4, -0.2) is 43.9 Å². The summed E-state index contributed by atoms with van der Waals surface area (Å²) in [5, 5.41) is 37.1. The molecule has 7 nitrogen and oxygen atoms in total. The summed E-state index contributed by atoms with van der Waals surface area (Å²) in [5.41, 5.74) is 0. The van der Waals surface area contributed by atoms with E-state index in [1.54, 1.807) is 0 Å². The number of carbonyl (C=O) groups excluding carboxylic acids is 1. The van der Waals surface area contributed by atoms with Gasteiger partial charge in [0.05, 0.1) is 5.92 Å². The number of carboxylic acid groups (broad SMARTS) is 2.